The average Bonchev–Trinajstić information content (AvgIpc) is 3.54. The summed E-state index contributed by atoms with van der Waals surface area (Å²) >= 11 is 1.96. The maximum atomic E-state index is 13.7. The molecule has 2 fully saturated rings. The summed E-state index contributed by atoms with van der Waals surface area (Å²) in [6, 6.07) is 16.0. The summed E-state index contributed by atoms with van der Waals surface area (Å²) in [6.45, 7) is 3.12. The molecule has 238 valence electrons. The van der Waals surface area contributed by atoms with Crippen molar-refractivity contribution in [2.75, 3.05) is 46.8 Å². The van der Waals surface area contributed by atoms with Crippen molar-refractivity contribution < 1.29 is 4.79 Å². The van der Waals surface area contributed by atoms with Crippen molar-refractivity contribution in [3.05, 3.63) is 78.4 Å². The van der Waals surface area contributed by atoms with E-state index >= 15 is 0 Å². The van der Waals surface area contributed by atoms with Crippen molar-refractivity contribution in [2.24, 2.45) is 7.05 Å². The van der Waals surface area contributed by atoms with E-state index in [1.807, 2.05) is 72.4 Å². The van der Waals surface area contributed by atoms with Gasteiger partial charge in [0.2, 0.25) is 5.95 Å². The molecule has 1 saturated carbocycles. The summed E-state index contributed by atoms with van der Waals surface area (Å²) in [6.07, 6.45) is 10.4. The smallest absolute Gasteiger partial charge is 0.323 e. The number of thioether (sulfide) groups is 1. The molecule has 2 aliphatic rings. The fourth-order valence-corrected chi connectivity index (χ4v) is 6.84. The van der Waals surface area contributed by atoms with Crippen molar-refractivity contribution >= 4 is 35.4 Å². The van der Waals surface area contributed by atoms with E-state index in [0.29, 0.717) is 36.4 Å². The number of hydrogen-bond acceptors (Lipinski definition) is 10. The first kappa shape index (κ1) is 31.3. The molecule has 0 bridgehead atoms. The number of benzene rings is 1. The van der Waals surface area contributed by atoms with Crippen LogP contribution in [0.5, 0.6) is 0 Å². The second kappa shape index (κ2) is 15.1. The fourth-order valence-electron chi connectivity index (χ4n) is 5.86. The molecule has 3 aromatic heterocycles. The van der Waals surface area contributed by atoms with Crippen molar-refractivity contribution in [3.8, 4) is 17.2 Å². The highest BCUT2D eigenvalue weighted by Gasteiger charge is 2.31. The third-order valence-corrected chi connectivity index (χ3v) is 9.36. The first-order valence-corrected chi connectivity index (χ1v) is 16.8. The quantitative estimate of drug-likeness (QED) is 0.224. The van der Waals surface area contributed by atoms with Crippen LogP contribution in [0, 0.1) is 11.3 Å². The molecule has 0 atom stereocenters. The van der Waals surface area contributed by atoms with E-state index < -0.39 is 0 Å². The summed E-state index contributed by atoms with van der Waals surface area (Å²) in [5, 5.41) is 23.8. The standard InChI is InChI=1S/C33H39N11OS/c1-42-22-27(21-39-42)25-7-12-30(35-19-25)44(33(45)37-18-24-5-3-2-4-6-24)29-10-8-28(9-11-29)40-32-36-20-26(17-34)31(41-32)38-23-43-13-15-46-16-14-43/h2-7,12,19-22,28-29H,8-11,13-16,18,23H2,1H3,(H,37,45)(H2,36,38,40,41). The molecule has 4 heterocycles. The molecule has 12 nitrogen and oxygen atoms in total. The predicted molar refractivity (Wildman–Crippen MR) is 181 cm³/mol. The molecule has 2 amide bonds. The minimum absolute atomic E-state index is 0.0209. The fraction of sp³-hybridized carbons (Fsp3) is 0.394. The third kappa shape index (κ3) is 7.94. The van der Waals surface area contributed by atoms with Crippen molar-refractivity contribution in [2.45, 2.75) is 44.3 Å². The van der Waals surface area contributed by atoms with Crippen molar-refractivity contribution in [1.29, 1.82) is 5.26 Å². The zero-order valence-corrected chi connectivity index (χ0v) is 26.8. The molecular weight excluding hydrogens is 599 g/mol. The van der Waals surface area contributed by atoms with Gasteiger partial charge in [-0.25, -0.2) is 14.8 Å². The number of pyridine rings is 1. The van der Waals surface area contributed by atoms with Gasteiger partial charge >= 0.3 is 6.03 Å². The van der Waals surface area contributed by atoms with E-state index in [-0.39, 0.29) is 18.1 Å². The zero-order valence-electron chi connectivity index (χ0n) is 26.0. The summed E-state index contributed by atoms with van der Waals surface area (Å²) in [5.41, 5.74) is 3.39. The van der Waals surface area contributed by atoms with Gasteiger partial charge in [-0.05, 0) is 43.4 Å². The van der Waals surface area contributed by atoms with Gasteiger partial charge in [-0.15, -0.1) is 0 Å². The number of urea groups is 1. The molecule has 3 N–H and O–H groups in total. The first-order chi connectivity index (χ1) is 22.6. The molecule has 0 spiro atoms. The van der Waals surface area contributed by atoms with E-state index in [0.717, 1.165) is 67.0 Å². The lowest BCUT2D eigenvalue weighted by Crippen LogP contribution is -2.49. The Hall–Kier alpha value is -4.67. The number of nitrogens with zero attached hydrogens (tertiary/aromatic N) is 8. The Labute approximate surface area is 273 Å². The summed E-state index contributed by atoms with van der Waals surface area (Å²) in [4.78, 5) is 31.7. The van der Waals surface area contributed by atoms with Crippen LogP contribution in [-0.2, 0) is 13.6 Å². The second-order valence-electron chi connectivity index (χ2n) is 11.6. The third-order valence-electron chi connectivity index (χ3n) is 8.42. The highest BCUT2D eigenvalue weighted by molar-refractivity contribution is 7.99. The van der Waals surface area contributed by atoms with E-state index in [1.54, 1.807) is 23.3 Å². The first-order valence-electron chi connectivity index (χ1n) is 15.7. The maximum Gasteiger partial charge on any atom is 0.323 e. The number of anilines is 3. The molecule has 4 aromatic rings. The molecule has 1 aliphatic carbocycles. The number of rotatable bonds is 10. The number of hydrogen-bond donors (Lipinski definition) is 3. The maximum absolute atomic E-state index is 13.7. The summed E-state index contributed by atoms with van der Waals surface area (Å²) in [7, 11) is 1.88. The van der Waals surface area contributed by atoms with Crippen LogP contribution in [0.1, 0.15) is 36.8 Å². The number of aromatic nitrogens is 5. The Balaban J connectivity index is 1.11. The van der Waals surface area contributed by atoms with Crippen molar-refractivity contribution in [3.63, 3.8) is 0 Å². The highest BCUT2D eigenvalue weighted by atomic mass is 32.2. The van der Waals surface area contributed by atoms with Crippen molar-refractivity contribution in [1.82, 2.24) is 34.9 Å². The lowest BCUT2D eigenvalue weighted by molar-refractivity contribution is 0.240. The van der Waals surface area contributed by atoms with Gasteiger partial charge in [0, 0.05) is 73.8 Å². The lowest BCUT2D eigenvalue weighted by atomic mass is 9.90. The van der Waals surface area contributed by atoms with Crippen LogP contribution < -0.4 is 20.9 Å². The van der Waals surface area contributed by atoms with E-state index in [1.165, 1.54) is 0 Å². The minimum Gasteiger partial charge on any atom is -0.356 e. The second-order valence-corrected chi connectivity index (χ2v) is 12.8. The molecule has 6 rings (SSSR count). The van der Waals surface area contributed by atoms with Crippen LogP contribution in [0.4, 0.5) is 22.4 Å². The Kier molecular flexibility index (Phi) is 10.3. The summed E-state index contributed by atoms with van der Waals surface area (Å²) in [5.74, 6) is 3.90. The van der Waals surface area contributed by atoms with Gasteiger partial charge in [-0.1, -0.05) is 30.3 Å². The van der Waals surface area contributed by atoms with Gasteiger partial charge in [-0.2, -0.15) is 27.1 Å². The number of nitrogens with one attached hydrogen (secondary N) is 3. The number of amides is 2. The lowest BCUT2D eigenvalue weighted by Gasteiger charge is -2.36. The number of aryl methyl sites for hydroxylation is 1. The van der Waals surface area contributed by atoms with Crippen LogP contribution in [-0.4, -0.2) is 79.0 Å². The molecule has 1 aromatic carbocycles. The molecule has 0 radical (unpaired) electrons. The van der Waals surface area contributed by atoms with Gasteiger partial charge in [0.1, 0.15) is 17.5 Å². The topological polar surface area (TPSA) is 140 Å². The minimum atomic E-state index is -0.166. The largest absolute Gasteiger partial charge is 0.356 e. The van der Waals surface area contributed by atoms with Crippen LogP contribution >= 0.6 is 11.8 Å². The number of nitriles is 1. The van der Waals surface area contributed by atoms with E-state index in [9.17, 15) is 10.1 Å². The summed E-state index contributed by atoms with van der Waals surface area (Å²) < 4.78 is 1.76. The van der Waals surface area contributed by atoms with E-state index in [2.05, 4.69) is 42.0 Å². The van der Waals surface area contributed by atoms with Crippen LogP contribution in [0.2, 0.25) is 0 Å². The Morgan fingerprint density at radius 3 is 2.52 bits per heavy atom. The van der Waals surface area contributed by atoms with Gasteiger partial charge in [-0.3, -0.25) is 14.5 Å². The van der Waals surface area contributed by atoms with Gasteiger partial charge < -0.3 is 16.0 Å². The van der Waals surface area contributed by atoms with Crippen LogP contribution in [0.25, 0.3) is 11.1 Å². The molecule has 46 heavy (non-hydrogen) atoms. The zero-order chi connectivity index (χ0) is 31.7. The van der Waals surface area contributed by atoms with Gasteiger partial charge in [0.15, 0.2) is 5.82 Å². The molecule has 0 unspecified atom stereocenters. The van der Waals surface area contributed by atoms with E-state index in [4.69, 9.17) is 4.98 Å². The monoisotopic (exact) mass is 637 g/mol. The highest BCUT2D eigenvalue weighted by Crippen LogP contribution is 2.30. The Bertz CT molecular complexity index is 1630. The number of carbonyl (C=O) groups excluding carboxylic acids is 1. The van der Waals surface area contributed by atoms with Gasteiger partial charge in [0.05, 0.1) is 19.1 Å². The predicted octanol–water partition coefficient (Wildman–Crippen LogP) is 4.70. The molecular formula is C33H39N11OS. The Morgan fingerprint density at radius 1 is 1.02 bits per heavy atom. The van der Waals surface area contributed by atoms with Crippen LogP contribution in [0.3, 0.4) is 0 Å². The SMILES string of the molecule is Cn1cc(-c2ccc(N(C(=O)NCc3ccccc3)C3CCC(Nc4ncc(C#N)c(NCN5CCSCC5)n4)CC3)nc2)cn1. The normalized spacial score (nSPS) is 18.3. The van der Waals surface area contributed by atoms with Crippen LogP contribution in [0.15, 0.2) is 67.3 Å². The molecule has 1 aliphatic heterocycles. The number of carbonyl (C=O) groups is 1. The molecule has 1 saturated heterocycles. The molecule has 13 heteroatoms. The average molecular weight is 638 g/mol. The van der Waals surface area contributed by atoms with Gasteiger partial charge in [0.25, 0.3) is 0 Å². The Morgan fingerprint density at radius 2 is 1.83 bits per heavy atom.